The Morgan fingerprint density at radius 1 is 1.00 bits per heavy atom. The Morgan fingerprint density at radius 2 is 1.47 bits per heavy atom. The van der Waals surface area contributed by atoms with Crippen LogP contribution in [0, 0.1) is 0 Å². The lowest BCUT2D eigenvalue weighted by atomic mass is 10.4. The summed E-state index contributed by atoms with van der Waals surface area (Å²) in [6, 6.07) is 1.51. The lowest BCUT2D eigenvalue weighted by Crippen LogP contribution is -2.29. The molecule has 0 spiro atoms. The average molecular weight is 248 g/mol. The monoisotopic (exact) mass is 248 g/mol. The van der Waals surface area contributed by atoms with Gasteiger partial charge in [0.05, 0.1) is 0 Å². The fraction of sp³-hybridized carbons (Fsp3) is 0.900. The van der Waals surface area contributed by atoms with E-state index in [1.165, 1.54) is 5.19 Å². The summed E-state index contributed by atoms with van der Waals surface area (Å²) < 4.78 is 0. The summed E-state index contributed by atoms with van der Waals surface area (Å²) >= 11 is 0. The summed E-state index contributed by atoms with van der Waals surface area (Å²) in [6.45, 7) is 13.1. The summed E-state index contributed by atoms with van der Waals surface area (Å²) in [5.41, 5.74) is 0. The first-order valence-corrected chi connectivity index (χ1v) is 9.30. The zero-order valence-electron chi connectivity index (χ0n) is 10.6. The molecule has 0 aliphatic carbocycles. The van der Waals surface area contributed by atoms with Crippen LogP contribution in [-0.2, 0) is 0 Å². The van der Waals surface area contributed by atoms with Gasteiger partial charge in [-0.05, 0) is 41.5 Å². The van der Waals surface area contributed by atoms with Crippen molar-refractivity contribution >= 4 is 20.7 Å². The van der Waals surface area contributed by atoms with Crippen LogP contribution in [0.25, 0.3) is 0 Å². The van der Waals surface area contributed by atoms with Crippen LogP contribution in [0.1, 0.15) is 41.5 Å². The minimum absolute atomic E-state index is 0.428. The second kappa shape index (κ2) is 5.19. The molecule has 0 amide bonds. The van der Waals surface area contributed by atoms with E-state index in [9.17, 15) is 0 Å². The van der Waals surface area contributed by atoms with Gasteiger partial charge in [0.2, 0.25) is 7.25 Å². The van der Waals surface area contributed by atoms with Gasteiger partial charge in [-0.3, -0.25) is 0 Å². The van der Waals surface area contributed by atoms with Gasteiger partial charge < -0.3 is 0 Å². The minimum atomic E-state index is -1.19. The van der Waals surface area contributed by atoms with Crippen molar-refractivity contribution in [1.29, 1.82) is 0 Å². The predicted octanol–water partition coefficient (Wildman–Crippen LogP) is 3.20. The first-order chi connectivity index (χ1) is 6.85. The molecule has 0 saturated carbocycles. The molecule has 1 atom stereocenters. The number of aliphatic imine (C=N–C) groups is 1. The molecule has 0 aromatic carbocycles. The summed E-state index contributed by atoms with van der Waals surface area (Å²) in [6.07, 6.45) is 0. The van der Waals surface area contributed by atoms with E-state index in [1.807, 2.05) is 0 Å². The molecular weight excluding hydrogens is 224 g/mol. The Morgan fingerprint density at radius 3 is 1.80 bits per heavy atom. The van der Waals surface area contributed by atoms with E-state index in [2.05, 4.69) is 51.7 Å². The maximum Gasteiger partial charge on any atom is 0.254 e. The van der Waals surface area contributed by atoms with Crippen LogP contribution in [0.2, 0.25) is 0 Å². The van der Waals surface area contributed by atoms with Gasteiger partial charge in [0, 0.05) is 18.1 Å². The zero-order chi connectivity index (χ0) is 11.6. The van der Waals surface area contributed by atoms with Crippen molar-refractivity contribution in [2.75, 3.05) is 0 Å². The summed E-state index contributed by atoms with van der Waals surface area (Å²) in [5.74, 6) is 0. The molecule has 15 heavy (non-hydrogen) atoms. The normalized spacial score (nSPS) is 23.7. The Labute approximate surface area is 96.0 Å². The molecule has 1 aliphatic rings. The van der Waals surface area contributed by atoms with Gasteiger partial charge in [0.1, 0.15) is 0 Å². The fourth-order valence-electron chi connectivity index (χ4n) is 1.48. The topological polar surface area (TPSA) is 36.4 Å². The van der Waals surface area contributed by atoms with E-state index in [0.29, 0.717) is 18.1 Å². The third-order valence-corrected chi connectivity index (χ3v) is 8.33. The molecule has 1 fully saturated rings. The third kappa shape index (κ3) is 4.07. The minimum Gasteiger partial charge on any atom is -0.243 e. The van der Waals surface area contributed by atoms with Crippen LogP contribution in [0.15, 0.2) is 4.99 Å². The number of hydrogen-bond acceptors (Lipinski definition) is 3. The van der Waals surface area contributed by atoms with E-state index in [1.54, 1.807) is 0 Å². The van der Waals surface area contributed by atoms with E-state index in [-0.39, 0.29) is 0 Å². The van der Waals surface area contributed by atoms with E-state index in [0.717, 1.165) is 8.27 Å². The predicted molar refractivity (Wildman–Crippen MR) is 74.3 cm³/mol. The van der Waals surface area contributed by atoms with Gasteiger partial charge in [0.15, 0.2) is 8.27 Å². The van der Waals surface area contributed by atoms with Gasteiger partial charge in [-0.25, -0.2) is 4.99 Å². The molecule has 1 rings (SSSR count). The second-order valence-electron chi connectivity index (χ2n) is 4.90. The largest absolute Gasteiger partial charge is 0.254 e. The number of hydrogen-bond donors (Lipinski definition) is 2. The van der Waals surface area contributed by atoms with Crippen molar-refractivity contribution in [2.24, 2.45) is 4.99 Å². The van der Waals surface area contributed by atoms with Crippen molar-refractivity contribution in [1.82, 2.24) is 10.2 Å². The number of nitrogens with one attached hydrogen (secondary N) is 2. The molecule has 88 valence electrons. The van der Waals surface area contributed by atoms with Crippen molar-refractivity contribution in [3.63, 3.8) is 0 Å². The molecule has 0 aromatic rings. The summed E-state index contributed by atoms with van der Waals surface area (Å²) in [7, 11) is -0.288. The zero-order valence-corrected chi connectivity index (χ0v) is 12.5. The maximum atomic E-state index is 4.70. The first-order valence-electron chi connectivity index (χ1n) is 5.67. The van der Waals surface area contributed by atoms with Crippen LogP contribution in [0.3, 0.4) is 0 Å². The Hall–Kier alpha value is 0.450. The first kappa shape index (κ1) is 13.5. The molecule has 5 heteroatoms. The van der Waals surface area contributed by atoms with Gasteiger partial charge >= 0.3 is 0 Å². The van der Waals surface area contributed by atoms with E-state index in [4.69, 9.17) is 4.99 Å². The molecule has 1 unspecified atom stereocenters. The van der Waals surface area contributed by atoms with Crippen LogP contribution in [-0.4, -0.2) is 23.3 Å². The smallest absolute Gasteiger partial charge is 0.243 e. The fourth-order valence-corrected chi connectivity index (χ4v) is 8.77. The molecule has 1 saturated heterocycles. The standard InChI is InChI=1S/C10H24N3P2/c1-7(2)11-10-14-15(10,12-8(3)4)13-9(5)6/h7-9,12-14H,1-6H3/q+1. The Kier molecular flexibility index (Phi) is 4.67. The maximum absolute atomic E-state index is 4.70. The highest BCUT2D eigenvalue weighted by molar-refractivity contribution is 8.65. The van der Waals surface area contributed by atoms with Crippen molar-refractivity contribution in [3.8, 4) is 0 Å². The lowest BCUT2D eigenvalue weighted by Gasteiger charge is -2.14. The van der Waals surface area contributed by atoms with Gasteiger partial charge in [0.25, 0.3) is 5.19 Å². The molecule has 0 aromatic heterocycles. The van der Waals surface area contributed by atoms with Gasteiger partial charge in [-0.1, -0.05) is 0 Å². The third-order valence-electron chi connectivity index (χ3n) is 1.82. The second-order valence-corrected chi connectivity index (χ2v) is 11.0. The quantitative estimate of drug-likeness (QED) is 0.733. The number of nitrogens with zero attached hydrogens (tertiary/aromatic N) is 1. The van der Waals surface area contributed by atoms with Crippen molar-refractivity contribution in [2.45, 2.75) is 59.7 Å². The highest BCUT2D eigenvalue weighted by Crippen LogP contribution is 2.89. The van der Waals surface area contributed by atoms with Crippen molar-refractivity contribution in [3.05, 3.63) is 0 Å². The molecule has 0 bridgehead atoms. The molecule has 0 radical (unpaired) electrons. The lowest BCUT2D eigenvalue weighted by molar-refractivity contribution is 0.717. The molecule has 3 nitrogen and oxygen atoms in total. The molecule has 1 aliphatic heterocycles. The Bertz CT molecular complexity index is 239. The van der Waals surface area contributed by atoms with Crippen molar-refractivity contribution < 1.29 is 0 Å². The van der Waals surface area contributed by atoms with E-state index >= 15 is 0 Å². The van der Waals surface area contributed by atoms with E-state index < -0.39 is 7.25 Å². The molecular formula is C10H24N3P2+. The molecule has 2 N–H and O–H groups in total. The number of rotatable bonds is 5. The van der Waals surface area contributed by atoms with Crippen LogP contribution < -0.4 is 10.2 Å². The molecule has 1 heterocycles. The highest BCUT2D eigenvalue weighted by atomic mass is 32.1. The summed E-state index contributed by atoms with van der Waals surface area (Å²) in [5, 5.41) is 8.81. The van der Waals surface area contributed by atoms with Crippen LogP contribution in [0.5, 0.6) is 0 Å². The summed E-state index contributed by atoms with van der Waals surface area (Å²) in [4.78, 5) is 4.70. The highest BCUT2D eigenvalue weighted by Gasteiger charge is 2.64. The SMILES string of the molecule is CC(C)N=C1P[P+]1(NC(C)C)NC(C)C. The van der Waals surface area contributed by atoms with Crippen LogP contribution >= 0.6 is 15.5 Å². The average Bonchev–Trinajstić information content (AvgIpc) is 2.56. The van der Waals surface area contributed by atoms with Gasteiger partial charge in [-0.2, -0.15) is 10.2 Å². The Balaban J connectivity index is 2.66. The van der Waals surface area contributed by atoms with Gasteiger partial charge in [-0.15, -0.1) is 0 Å². The van der Waals surface area contributed by atoms with Crippen LogP contribution in [0.4, 0.5) is 0 Å².